The number of aryl methyl sites for hydroxylation is 2. The Balaban J connectivity index is 1.50. The number of hydrogen-bond donors (Lipinski definition) is 4. The number of nitrogens with zero attached hydrogens (tertiary/aromatic N) is 2. The summed E-state index contributed by atoms with van der Waals surface area (Å²) in [5.74, 6) is -0.513. The first-order valence-corrected chi connectivity index (χ1v) is 11.4. The van der Waals surface area contributed by atoms with Crippen LogP contribution in [-0.4, -0.2) is 77.7 Å². The van der Waals surface area contributed by atoms with Crippen molar-refractivity contribution in [1.29, 1.82) is 0 Å². The molecule has 33 heavy (non-hydrogen) atoms. The van der Waals surface area contributed by atoms with Crippen molar-refractivity contribution in [3.05, 3.63) is 45.4 Å². The Morgan fingerprint density at radius 1 is 0.909 bits per heavy atom. The number of quaternary nitrogens is 1. The average molecular weight is 496 g/mol. The van der Waals surface area contributed by atoms with Gasteiger partial charge in [0.2, 0.25) is 5.91 Å². The van der Waals surface area contributed by atoms with Crippen molar-refractivity contribution in [2.75, 3.05) is 56.9 Å². The molecule has 0 aromatic heterocycles. The largest absolute Gasteiger partial charge is 0.506 e. The van der Waals surface area contributed by atoms with Crippen molar-refractivity contribution < 1.29 is 24.3 Å². The van der Waals surface area contributed by atoms with Crippen LogP contribution >= 0.6 is 23.2 Å². The Labute approximate surface area is 203 Å². The summed E-state index contributed by atoms with van der Waals surface area (Å²) >= 11 is 12.2. The predicted octanol–water partition coefficient (Wildman–Crippen LogP) is 3.36. The van der Waals surface area contributed by atoms with Gasteiger partial charge in [0.15, 0.2) is 6.54 Å². The summed E-state index contributed by atoms with van der Waals surface area (Å²) in [7, 11) is 1.99. The van der Waals surface area contributed by atoms with Gasteiger partial charge in [-0.05, 0) is 49.2 Å². The highest BCUT2D eigenvalue weighted by Crippen LogP contribution is 2.31. The Morgan fingerprint density at radius 3 is 1.85 bits per heavy atom. The number of carbonyl (C=O) groups excluding carboxylic acids is 2. The van der Waals surface area contributed by atoms with Crippen LogP contribution in [0.4, 0.5) is 11.4 Å². The van der Waals surface area contributed by atoms with Gasteiger partial charge in [0.05, 0.1) is 38.1 Å². The van der Waals surface area contributed by atoms with E-state index >= 15 is 0 Å². The number of piperazine rings is 1. The molecule has 1 fully saturated rings. The minimum absolute atomic E-state index is 0.0235. The Morgan fingerprint density at radius 2 is 1.36 bits per heavy atom. The van der Waals surface area contributed by atoms with E-state index in [9.17, 15) is 19.8 Å². The Hall–Kier alpha value is -2.52. The first kappa shape index (κ1) is 25.1. The third-order valence-electron chi connectivity index (χ3n) is 5.91. The number of halogens is 2. The fourth-order valence-electron chi connectivity index (χ4n) is 3.77. The van der Waals surface area contributed by atoms with Gasteiger partial charge in [-0.15, -0.1) is 0 Å². The first-order chi connectivity index (χ1) is 15.5. The van der Waals surface area contributed by atoms with Crippen LogP contribution in [0.3, 0.4) is 0 Å². The summed E-state index contributed by atoms with van der Waals surface area (Å²) in [5.41, 5.74) is 2.03. The molecule has 8 nitrogen and oxygen atoms in total. The lowest BCUT2D eigenvalue weighted by Crippen LogP contribution is -2.60. The monoisotopic (exact) mass is 495 g/mol. The molecule has 2 aromatic carbocycles. The van der Waals surface area contributed by atoms with Crippen molar-refractivity contribution in [3.8, 4) is 11.5 Å². The van der Waals surface area contributed by atoms with Crippen LogP contribution in [0, 0.1) is 13.8 Å². The number of amides is 2. The quantitative estimate of drug-likeness (QED) is 0.363. The summed E-state index contributed by atoms with van der Waals surface area (Å²) < 4.78 is 0.513. The zero-order valence-corrected chi connectivity index (χ0v) is 20.4. The van der Waals surface area contributed by atoms with E-state index in [1.165, 1.54) is 18.2 Å². The number of rotatable bonds is 6. The highest BCUT2D eigenvalue weighted by Gasteiger charge is 2.32. The molecule has 178 valence electrons. The molecule has 0 spiro atoms. The highest BCUT2D eigenvalue weighted by atomic mass is 35.5. The fourth-order valence-corrected chi connectivity index (χ4v) is 4.09. The second kappa shape index (κ2) is 10.2. The molecule has 2 aromatic rings. The third kappa shape index (κ3) is 6.51. The third-order valence-corrected chi connectivity index (χ3v) is 6.72. The maximum absolute atomic E-state index is 12.6. The molecule has 0 saturated carbocycles. The number of likely N-dealkylation sites (N-methyl/N-ethyl adjacent to an activating group) is 1. The van der Waals surface area contributed by atoms with E-state index in [1.807, 2.05) is 11.9 Å². The van der Waals surface area contributed by atoms with E-state index in [0.29, 0.717) is 40.7 Å². The molecule has 3 rings (SSSR count). The van der Waals surface area contributed by atoms with E-state index in [0.717, 1.165) is 11.1 Å². The molecule has 0 bridgehead atoms. The summed E-state index contributed by atoms with van der Waals surface area (Å²) in [6.45, 7) is 6.60. The van der Waals surface area contributed by atoms with Gasteiger partial charge in [-0.3, -0.25) is 14.5 Å². The first-order valence-electron chi connectivity index (χ1n) is 10.6. The number of benzene rings is 2. The zero-order chi connectivity index (χ0) is 24.3. The molecule has 10 heteroatoms. The summed E-state index contributed by atoms with van der Waals surface area (Å²) in [5, 5.41) is 26.5. The molecule has 2 amide bonds. The smallest absolute Gasteiger partial charge is 0.279 e. The van der Waals surface area contributed by atoms with Crippen LogP contribution in [0.15, 0.2) is 24.3 Å². The second-order valence-electron chi connectivity index (χ2n) is 8.83. The number of nitrogens with one attached hydrogen (secondary N) is 2. The highest BCUT2D eigenvalue weighted by molar-refractivity contribution is 6.32. The minimum atomic E-state index is -0.245. The van der Waals surface area contributed by atoms with Crippen molar-refractivity contribution in [1.82, 2.24) is 4.90 Å². The molecule has 0 radical (unpaired) electrons. The van der Waals surface area contributed by atoms with Crippen LogP contribution < -0.4 is 10.6 Å². The van der Waals surface area contributed by atoms with E-state index in [2.05, 4.69) is 10.6 Å². The van der Waals surface area contributed by atoms with Gasteiger partial charge in [0.1, 0.15) is 11.5 Å². The number of anilines is 2. The van der Waals surface area contributed by atoms with Crippen molar-refractivity contribution in [3.63, 3.8) is 0 Å². The van der Waals surface area contributed by atoms with Crippen LogP contribution in [0.5, 0.6) is 11.5 Å². The standard InChI is InChI=1S/C23H28Cl2N4O4/c1-14-8-20(30)18(10-16(14)24)26-22(32)12-28-4-6-29(3,7-5-28)13-23(33)27-19-11-17(25)15(2)9-21(19)31/h8-11H,4-7,12-13H2,1-3H3,(H3-,26,27,30,31,32,33)/p+1. The second-order valence-corrected chi connectivity index (χ2v) is 9.65. The lowest BCUT2D eigenvalue weighted by molar-refractivity contribution is -0.905. The van der Waals surface area contributed by atoms with E-state index in [-0.39, 0.29) is 47.8 Å². The van der Waals surface area contributed by atoms with Crippen LogP contribution in [0.25, 0.3) is 0 Å². The van der Waals surface area contributed by atoms with E-state index < -0.39 is 0 Å². The number of aromatic hydroxyl groups is 2. The van der Waals surface area contributed by atoms with Gasteiger partial charge in [-0.25, -0.2) is 0 Å². The summed E-state index contributed by atoms with van der Waals surface area (Å²) in [6, 6.07) is 6.10. The molecule has 0 aliphatic carbocycles. The topological polar surface area (TPSA) is 102 Å². The molecule has 0 unspecified atom stereocenters. The van der Waals surface area contributed by atoms with Crippen molar-refractivity contribution >= 4 is 46.4 Å². The lowest BCUT2D eigenvalue weighted by Gasteiger charge is -2.41. The van der Waals surface area contributed by atoms with E-state index in [1.54, 1.807) is 19.9 Å². The molecule has 0 atom stereocenters. The van der Waals surface area contributed by atoms with Crippen molar-refractivity contribution in [2.45, 2.75) is 13.8 Å². The Kier molecular flexibility index (Phi) is 7.74. The van der Waals surface area contributed by atoms with Crippen molar-refractivity contribution in [2.24, 2.45) is 0 Å². The van der Waals surface area contributed by atoms with Gasteiger partial charge in [-0.2, -0.15) is 0 Å². The molecular weight excluding hydrogens is 467 g/mol. The molecule has 1 aliphatic rings. The summed E-state index contributed by atoms with van der Waals surface area (Å²) in [6.07, 6.45) is 0. The Bertz CT molecular complexity index is 1070. The lowest BCUT2D eigenvalue weighted by atomic mass is 10.2. The fraction of sp³-hybridized carbons (Fsp3) is 0.391. The number of carbonyl (C=O) groups is 2. The van der Waals surface area contributed by atoms with E-state index in [4.69, 9.17) is 23.2 Å². The average Bonchev–Trinajstić information content (AvgIpc) is 2.72. The van der Waals surface area contributed by atoms with Crippen LogP contribution in [0.2, 0.25) is 10.0 Å². The SMILES string of the molecule is Cc1cc(O)c(NC(=O)CN2CC[N+](C)(CC(=O)Nc3cc(Cl)c(C)cc3O)CC2)cc1Cl. The van der Waals surface area contributed by atoms with Gasteiger partial charge >= 0.3 is 0 Å². The number of phenols is 2. The molecule has 1 heterocycles. The normalized spacial score (nSPS) is 15.8. The minimum Gasteiger partial charge on any atom is -0.506 e. The van der Waals surface area contributed by atoms with Gasteiger partial charge < -0.3 is 25.3 Å². The molecular formula is C23H29Cl2N4O4+. The predicted molar refractivity (Wildman–Crippen MR) is 130 cm³/mol. The van der Waals surface area contributed by atoms with Gasteiger partial charge in [0.25, 0.3) is 5.91 Å². The van der Waals surface area contributed by atoms with Crippen LogP contribution in [-0.2, 0) is 9.59 Å². The maximum Gasteiger partial charge on any atom is 0.279 e. The van der Waals surface area contributed by atoms with Gasteiger partial charge in [0, 0.05) is 23.1 Å². The number of phenolic OH excluding ortho intramolecular Hbond substituents is 2. The molecule has 1 saturated heterocycles. The van der Waals surface area contributed by atoms with Gasteiger partial charge in [-0.1, -0.05) is 23.2 Å². The molecule has 4 N–H and O–H groups in total. The number of hydrogen-bond acceptors (Lipinski definition) is 5. The molecule has 1 aliphatic heterocycles. The maximum atomic E-state index is 12.6. The summed E-state index contributed by atoms with van der Waals surface area (Å²) in [4.78, 5) is 27.0. The zero-order valence-electron chi connectivity index (χ0n) is 18.9. The van der Waals surface area contributed by atoms with Crippen LogP contribution in [0.1, 0.15) is 11.1 Å².